The third-order valence-corrected chi connectivity index (χ3v) is 5.86. The SMILES string of the molecule is Cc1cc(C)c(NCCN(C)CCNc2c(C(C)C)cc(C)cc2C(C)C)c(C)c1.[Br-].[Br-].[Co+2]. The second-order valence-electron chi connectivity index (χ2n) is 9.56. The molecular formula is C27H43Br2CoN3. The van der Waals surface area contributed by atoms with Crippen LogP contribution in [0.25, 0.3) is 0 Å². The molecule has 0 unspecified atom stereocenters. The molecule has 6 heteroatoms. The molecule has 0 fully saturated rings. The van der Waals surface area contributed by atoms with Gasteiger partial charge in [-0.3, -0.25) is 0 Å². The summed E-state index contributed by atoms with van der Waals surface area (Å²) in [5.74, 6) is 1.04. The van der Waals surface area contributed by atoms with E-state index in [4.69, 9.17) is 0 Å². The number of hydrogen-bond donors (Lipinski definition) is 2. The Hall–Kier alpha value is -0.534. The number of nitrogens with one attached hydrogen (secondary N) is 2. The molecule has 0 aromatic heterocycles. The largest absolute Gasteiger partial charge is 2.00 e. The molecule has 2 aromatic rings. The van der Waals surface area contributed by atoms with Gasteiger partial charge in [0.25, 0.3) is 0 Å². The van der Waals surface area contributed by atoms with Crippen LogP contribution in [0.15, 0.2) is 24.3 Å². The maximum absolute atomic E-state index is 3.77. The molecule has 1 radical (unpaired) electrons. The number of rotatable bonds is 10. The van der Waals surface area contributed by atoms with Crippen molar-refractivity contribution in [2.45, 2.75) is 67.2 Å². The Labute approximate surface area is 234 Å². The van der Waals surface area contributed by atoms with E-state index in [9.17, 15) is 0 Å². The average Bonchev–Trinajstić information content (AvgIpc) is 2.64. The summed E-state index contributed by atoms with van der Waals surface area (Å²) in [6.45, 7) is 21.9. The second kappa shape index (κ2) is 16.2. The standard InChI is InChI=1S/C27H43N3.2BrH.Co/c1-18(2)24-16-21(6)17-25(19(3)4)27(24)29-11-13-30(9)12-10-28-26-22(7)14-20(5)15-23(26)8;;;/h14-19,28-29H,10-13H2,1-9H3;2*1H;/q;;;+2/p-2. The number of benzene rings is 2. The molecule has 0 heterocycles. The first-order valence-electron chi connectivity index (χ1n) is 11.5. The van der Waals surface area contributed by atoms with Gasteiger partial charge in [-0.2, -0.15) is 0 Å². The fourth-order valence-electron chi connectivity index (χ4n) is 4.27. The van der Waals surface area contributed by atoms with Gasteiger partial charge < -0.3 is 49.5 Å². The maximum Gasteiger partial charge on any atom is 2.00 e. The maximum atomic E-state index is 3.77. The van der Waals surface area contributed by atoms with E-state index in [0.29, 0.717) is 11.8 Å². The van der Waals surface area contributed by atoms with Crippen LogP contribution in [0.2, 0.25) is 0 Å². The van der Waals surface area contributed by atoms with Crippen LogP contribution in [-0.4, -0.2) is 38.1 Å². The fraction of sp³-hybridized carbons (Fsp3) is 0.556. The molecule has 33 heavy (non-hydrogen) atoms. The van der Waals surface area contributed by atoms with E-state index in [-0.39, 0.29) is 50.7 Å². The molecule has 2 rings (SSSR count). The van der Waals surface area contributed by atoms with E-state index in [1.807, 2.05) is 0 Å². The molecule has 0 spiro atoms. The topological polar surface area (TPSA) is 27.3 Å². The zero-order chi connectivity index (χ0) is 22.4. The van der Waals surface area contributed by atoms with E-state index in [1.54, 1.807) is 0 Å². The number of likely N-dealkylation sites (N-methyl/N-ethyl adjacent to an activating group) is 1. The molecular weight excluding hydrogens is 585 g/mol. The minimum Gasteiger partial charge on any atom is -1.00 e. The van der Waals surface area contributed by atoms with E-state index < -0.39 is 0 Å². The molecule has 2 aromatic carbocycles. The van der Waals surface area contributed by atoms with E-state index >= 15 is 0 Å². The first kappa shape index (κ1) is 34.6. The van der Waals surface area contributed by atoms with Gasteiger partial charge in [-0.15, -0.1) is 0 Å². The van der Waals surface area contributed by atoms with Crippen LogP contribution >= 0.6 is 0 Å². The Balaban J connectivity index is 0. The third kappa shape index (κ3) is 10.3. The van der Waals surface area contributed by atoms with Gasteiger partial charge >= 0.3 is 16.8 Å². The Morgan fingerprint density at radius 3 is 1.42 bits per heavy atom. The zero-order valence-electron chi connectivity index (χ0n) is 21.8. The van der Waals surface area contributed by atoms with Crippen molar-refractivity contribution in [1.29, 1.82) is 0 Å². The van der Waals surface area contributed by atoms with E-state index in [0.717, 1.165) is 26.2 Å². The molecule has 0 aliphatic rings. The normalized spacial score (nSPS) is 10.5. The number of aryl methyl sites for hydroxylation is 4. The summed E-state index contributed by atoms with van der Waals surface area (Å²) in [5, 5.41) is 7.41. The Kier molecular flexibility index (Phi) is 17.0. The summed E-state index contributed by atoms with van der Waals surface area (Å²) in [6, 6.07) is 9.20. The van der Waals surface area contributed by atoms with Gasteiger partial charge in [-0.1, -0.05) is 63.1 Å². The van der Waals surface area contributed by atoms with Crippen molar-refractivity contribution in [2.75, 3.05) is 43.9 Å². The molecule has 0 aliphatic carbocycles. The van der Waals surface area contributed by atoms with Crippen LogP contribution in [0.3, 0.4) is 0 Å². The van der Waals surface area contributed by atoms with Crippen molar-refractivity contribution in [3.63, 3.8) is 0 Å². The molecule has 3 nitrogen and oxygen atoms in total. The predicted molar refractivity (Wildman–Crippen MR) is 134 cm³/mol. The van der Waals surface area contributed by atoms with Crippen molar-refractivity contribution >= 4 is 11.4 Å². The van der Waals surface area contributed by atoms with Gasteiger partial charge in [0, 0.05) is 37.6 Å². The Bertz CT molecular complexity index is 801. The number of halogens is 2. The minimum absolute atomic E-state index is 0. The molecule has 0 saturated carbocycles. The van der Waals surface area contributed by atoms with Crippen LogP contribution in [-0.2, 0) is 16.8 Å². The van der Waals surface area contributed by atoms with E-state index in [2.05, 4.69) is 102 Å². The van der Waals surface area contributed by atoms with Crippen LogP contribution in [0, 0.1) is 27.7 Å². The minimum atomic E-state index is 0. The monoisotopic (exact) mass is 626 g/mol. The van der Waals surface area contributed by atoms with Gasteiger partial charge in [0.05, 0.1) is 0 Å². The van der Waals surface area contributed by atoms with Crippen molar-refractivity contribution in [3.8, 4) is 0 Å². The van der Waals surface area contributed by atoms with Crippen LogP contribution in [0.1, 0.15) is 72.9 Å². The number of nitrogens with zero attached hydrogens (tertiary/aromatic N) is 1. The van der Waals surface area contributed by atoms with Crippen LogP contribution in [0.5, 0.6) is 0 Å². The molecule has 0 amide bonds. The molecule has 0 atom stereocenters. The summed E-state index contributed by atoms with van der Waals surface area (Å²) >= 11 is 0. The summed E-state index contributed by atoms with van der Waals surface area (Å²) in [7, 11) is 2.21. The molecule has 0 aliphatic heterocycles. The van der Waals surface area contributed by atoms with Gasteiger partial charge in [0.1, 0.15) is 0 Å². The first-order valence-corrected chi connectivity index (χ1v) is 11.5. The third-order valence-electron chi connectivity index (χ3n) is 5.86. The van der Waals surface area contributed by atoms with Gasteiger partial charge in [-0.05, 0) is 68.8 Å². The molecule has 0 saturated heterocycles. The average molecular weight is 628 g/mol. The molecule has 189 valence electrons. The van der Waals surface area contributed by atoms with Gasteiger partial charge in [0.15, 0.2) is 0 Å². The summed E-state index contributed by atoms with van der Waals surface area (Å²) < 4.78 is 0. The predicted octanol–water partition coefficient (Wildman–Crippen LogP) is 0.628. The van der Waals surface area contributed by atoms with Crippen LogP contribution in [0.4, 0.5) is 11.4 Å². The number of anilines is 2. The summed E-state index contributed by atoms with van der Waals surface area (Å²) in [5.41, 5.74) is 10.9. The van der Waals surface area contributed by atoms with E-state index in [1.165, 1.54) is 44.8 Å². The van der Waals surface area contributed by atoms with Crippen molar-refractivity contribution in [1.82, 2.24) is 4.90 Å². The fourth-order valence-corrected chi connectivity index (χ4v) is 4.27. The summed E-state index contributed by atoms with van der Waals surface area (Å²) in [6.07, 6.45) is 0. The number of hydrogen-bond acceptors (Lipinski definition) is 3. The van der Waals surface area contributed by atoms with Crippen molar-refractivity contribution < 1.29 is 50.7 Å². The van der Waals surface area contributed by atoms with Gasteiger partial charge in [0.2, 0.25) is 0 Å². The molecule has 0 bridgehead atoms. The van der Waals surface area contributed by atoms with Crippen molar-refractivity contribution in [3.05, 3.63) is 57.6 Å². The van der Waals surface area contributed by atoms with Crippen LogP contribution < -0.4 is 44.6 Å². The summed E-state index contributed by atoms with van der Waals surface area (Å²) in [4.78, 5) is 2.40. The first-order chi connectivity index (χ1) is 14.1. The second-order valence-corrected chi connectivity index (χ2v) is 9.56. The quantitative estimate of drug-likeness (QED) is 0.405. The Morgan fingerprint density at radius 1 is 0.667 bits per heavy atom. The molecule has 2 N–H and O–H groups in total. The van der Waals surface area contributed by atoms with Crippen molar-refractivity contribution in [2.24, 2.45) is 0 Å². The smallest absolute Gasteiger partial charge is 1.00 e. The zero-order valence-corrected chi connectivity index (χ0v) is 26.0. The van der Waals surface area contributed by atoms with Gasteiger partial charge in [-0.25, -0.2) is 0 Å². The Morgan fingerprint density at radius 2 is 1.03 bits per heavy atom.